The highest BCUT2D eigenvalue weighted by Crippen LogP contribution is 2.67. The number of likely N-dealkylation sites (N-methyl/N-ethyl adjacent to an activating group) is 1. The molecule has 2 N–H and O–H groups in total. The van der Waals surface area contributed by atoms with Crippen molar-refractivity contribution in [1.82, 2.24) is 15.2 Å². The smallest absolute Gasteiger partial charge is 0.320 e. The van der Waals surface area contributed by atoms with Crippen molar-refractivity contribution >= 4 is 28.4 Å². The van der Waals surface area contributed by atoms with Crippen molar-refractivity contribution in [1.29, 1.82) is 0 Å². The van der Waals surface area contributed by atoms with Gasteiger partial charge in [0.15, 0.2) is 5.13 Å². The minimum absolute atomic E-state index is 0.0935. The summed E-state index contributed by atoms with van der Waals surface area (Å²) in [4.78, 5) is 30.7. The van der Waals surface area contributed by atoms with Gasteiger partial charge >= 0.3 is 6.03 Å². The van der Waals surface area contributed by atoms with Crippen molar-refractivity contribution in [3.63, 3.8) is 0 Å². The summed E-state index contributed by atoms with van der Waals surface area (Å²) in [6, 6.07) is 0.121. The van der Waals surface area contributed by atoms with E-state index in [2.05, 4.69) is 35.9 Å². The fourth-order valence-electron chi connectivity index (χ4n) is 7.89. The molecule has 3 amide bonds. The standard InChI is InChI=1S/C24H34N4O2S/c1-23-11-9-16-14(5-8-19-24(16,2)12-10-20(29)28(19)4)15(23)6-7-17(23)18-13-31-22(26-18)27-21(30)25-3/h10,12-17,19H,5-9,11H2,1-4H3,(H2,25,26,27,30)/t14?,15-,16?,17+,19+,23-,24+/m0/s1. The lowest BCUT2D eigenvalue weighted by Gasteiger charge is -2.60. The van der Waals surface area contributed by atoms with Crippen molar-refractivity contribution in [3.8, 4) is 0 Å². The maximum atomic E-state index is 12.3. The number of urea groups is 1. The Balaban J connectivity index is 1.39. The second-order valence-electron chi connectivity index (χ2n) is 10.6. The average Bonchev–Trinajstić information content (AvgIpc) is 3.34. The maximum Gasteiger partial charge on any atom is 0.320 e. The van der Waals surface area contributed by atoms with Crippen LogP contribution in [0.2, 0.25) is 0 Å². The van der Waals surface area contributed by atoms with Crippen LogP contribution >= 0.6 is 11.3 Å². The number of hydrogen-bond donors (Lipinski definition) is 2. The molecule has 0 radical (unpaired) electrons. The van der Waals surface area contributed by atoms with Crippen LogP contribution in [-0.4, -0.2) is 42.0 Å². The molecule has 0 aromatic carbocycles. The van der Waals surface area contributed by atoms with E-state index in [1.54, 1.807) is 7.05 Å². The molecule has 168 valence electrons. The molecular weight excluding hydrogens is 408 g/mol. The third-order valence-electron chi connectivity index (χ3n) is 9.45. The number of aromatic nitrogens is 1. The fourth-order valence-corrected chi connectivity index (χ4v) is 8.65. The van der Waals surface area contributed by atoms with Crippen molar-refractivity contribution in [2.75, 3.05) is 19.4 Å². The number of hydrogen-bond acceptors (Lipinski definition) is 4. The predicted octanol–water partition coefficient (Wildman–Crippen LogP) is 4.62. The number of nitrogens with one attached hydrogen (secondary N) is 2. The molecule has 7 atom stereocenters. The van der Waals surface area contributed by atoms with Gasteiger partial charge < -0.3 is 10.2 Å². The Morgan fingerprint density at radius 2 is 2.00 bits per heavy atom. The number of fused-ring (bicyclic) bond motifs is 5. The van der Waals surface area contributed by atoms with E-state index < -0.39 is 0 Å². The minimum Gasteiger partial charge on any atom is -0.341 e. The SMILES string of the molecule is CNC(=O)Nc1nc([C@H]2CC[C@H]3C4CC[C@H]5N(C)C(=O)C=C[C@]5(C)C4CC[C@]23C)cs1. The Morgan fingerprint density at radius 1 is 1.19 bits per heavy atom. The fraction of sp³-hybridized carbons (Fsp3) is 0.708. The van der Waals surface area contributed by atoms with Crippen LogP contribution in [-0.2, 0) is 4.79 Å². The maximum absolute atomic E-state index is 12.3. The van der Waals surface area contributed by atoms with Crippen LogP contribution in [0.15, 0.2) is 17.5 Å². The first kappa shape index (κ1) is 21.0. The van der Waals surface area contributed by atoms with Gasteiger partial charge in [-0.05, 0) is 67.8 Å². The van der Waals surface area contributed by atoms with Gasteiger partial charge in [0.05, 0.1) is 5.69 Å². The quantitative estimate of drug-likeness (QED) is 0.702. The van der Waals surface area contributed by atoms with Gasteiger partial charge in [0, 0.05) is 36.9 Å². The molecule has 1 aromatic heterocycles. The zero-order chi connectivity index (χ0) is 22.0. The minimum atomic E-state index is -0.217. The zero-order valence-corrected chi connectivity index (χ0v) is 19.8. The third-order valence-corrected chi connectivity index (χ3v) is 10.2. The Morgan fingerprint density at radius 3 is 2.77 bits per heavy atom. The molecule has 6 nitrogen and oxygen atoms in total. The Labute approximate surface area is 188 Å². The molecule has 3 saturated carbocycles. The summed E-state index contributed by atoms with van der Waals surface area (Å²) in [5, 5.41) is 8.26. The first-order chi connectivity index (χ1) is 14.8. The summed E-state index contributed by atoms with van der Waals surface area (Å²) < 4.78 is 0. The van der Waals surface area contributed by atoms with Gasteiger partial charge in [-0.1, -0.05) is 19.9 Å². The number of anilines is 1. The molecule has 1 aliphatic heterocycles. The highest BCUT2D eigenvalue weighted by atomic mass is 32.1. The second-order valence-corrected chi connectivity index (χ2v) is 11.4. The van der Waals surface area contributed by atoms with Gasteiger partial charge in [-0.25, -0.2) is 9.78 Å². The van der Waals surface area contributed by atoms with Crippen LogP contribution in [0.4, 0.5) is 9.93 Å². The monoisotopic (exact) mass is 442 g/mol. The summed E-state index contributed by atoms with van der Waals surface area (Å²) >= 11 is 1.53. The van der Waals surface area contributed by atoms with E-state index >= 15 is 0 Å². The van der Waals surface area contributed by atoms with Gasteiger partial charge in [-0.2, -0.15) is 0 Å². The van der Waals surface area contributed by atoms with Crippen LogP contribution < -0.4 is 10.6 Å². The third kappa shape index (κ3) is 3.06. The summed E-state index contributed by atoms with van der Waals surface area (Å²) in [7, 11) is 3.61. The second kappa shape index (κ2) is 7.32. The zero-order valence-electron chi connectivity index (χ0n) is 19.0. The molecule has 0 spiro atoms. The molecule has 4 aliphatic rings. The predicted molar refractivity (Wildman–Crippen MR) is 123 cm³/mol. The van der Waals surface area contributed by atoms with Crippen LogP contribution in [0, 0.1) is 28.6 Å². The molecule has 2 heterocycles. The molecule has 5 rings (SSSR count). The van der Waals surface area contributed by atoms with Gasteiger partial charge in [0.25, 0.3) is 0 Å². The first-order valence-electron chi connectivity index (χ1n) is 11.7. The van der Waals surface area contributed by atoms with Crippen molar-refractivity contribution in [2.45, 2.75) is 64.3 Å². The number of thiazole rings is 1. The molecule has 31 heavy (non-hydrogen) atoms. The van der Waals surface area contributed by atoms with Gasteiger partial charge in [-0.15, -0.1) is 11.3 Å². The van der Waals surface area contributed by atoms with Crippen LogP contribution in [0.1, 0.15) is 64.0 Å². The first-order valence-corrected chi connectivity index (χ1v) is 12.6. The van der Waals surface area contributed by atoms with Crippen LogP contribution in [0.5, 0.6) is 0 Å². The molecule has 3 fully saturated rings. The molecule has 7 heteroatoms. The van der Waals surface area contributed by atoms with Crippen molar-refractivity contribution < 1.29 is 9.59 Å². The highest BCUT2D eigenvalue weighted by molar-refractivity contribution is 7.13. The van der Waals surface area contributed by atoms with Crippen LogP contribution in [0.25, 0.3) is 0 Å². The van der Waals surface area contributed by atoms with E-state index in [0.717, 1.165) is 18.0 Å². The topological polar surface area (TPSA) is 74.3 Å². The number of nitrogens with zero attached hydrogens (tertiary/aromatic N) is 2. The van der Waals surface area contributed by atoms with Gasteiger partial charge in [-0.3, -0.25) is 10.1 Å². The summed E-state index contributed by atoms with van der Waals surface area (Å²) in [6.45, 7) is 4.90. The van der Waals surface area contributed by atoms with Gasteiger partial charge in [0.2, 0.25) is 5.91 Å². The molecule has 2 unspecified atom stereocenters. The number of carbonyl (C=O) groups excluding carboxylic acids is 2. The molecule has 1 aromatic rings. The lowest BCUT2D eigenvalue weighted by Crippen LogP contribution is -2.59. The summed E-state index contributed by atoms with van der Waals surface area (Å²) in [5.74, 6) is 2.70. The van der Waals surface area contributed by atoms with Gasteiger partial charge in [0.1, 0.15) is 0 Å². The van der Waals surface area contributed by atoms with Crippen molar-refractivity contribution in [3.05, 3.63) is 23.2 Å². The summed E-state index contributed by atoms with van der Waals surface area (Å²) in [5.41, 5.74) is 1.52. The van der Waals surface area contributed by atoms with Crippen molar-refractivity contribution in [2.24, 2.45) is 28.6 Å². The number of carbonyl (C=O) groups is 2. The lowest BCUT2D eigenvalue weighted by molar-refractivity contribution is -0.138. The molecule has 3 aliphatic carbocycles. The van der Waals surface area contributed by atoms with E-state index in [1.807, 2.05) is 18.0 Å². The van der Waals surface area contributed by atoms with Crippen LogP contribution in [0.3, 0.4) is 0 Å². The Bertz CT molecular complexity index is 928. The lowest BCUT2D eigenvalue weighted by atomic mass is 9.47. The number of amides is 3. The molecular formula is C24H34N4O2S. The largest absolute Gasteiger partial charge is 0.341 e. The average molecular weight is 443 g/mol. The van der Waals surface area contributed by atoms with E-state index in [0.29, 0.717) is 28.9 Å². The normalized spacial score (nSPS) is 41.4. The number of rotatable bonds is 2. The summed E-state index contributed by atoms with van der Waals surface area (Å²) in [6.07, 6.45) is 11.3. The van der Waals surface area contributed by atoms with E-state index in [4.69, 9.17) is 4.98 Å². The van der Waals surface area contributed by atoms with E-state index in [-0.39, 0.29) is 22.8 Å². The Hall–Kier alpha value is -1.89. The Kier molecular flexibility index (Phi) is 4.96. The van der Waals surface area contributed by atoms with E-state index in [1.165, 1.54) is 43.4 Å². The van der Waals surface area contributed by atoms with E-state index in [9.17, 15) is 9.59 Å². The molecule has 0 bridgehead atoms. The molecule has 0 saturated heterocycles. The highest BCUT2D eigenvalue weighted by Gasteiger charge is 2.60.